The molecule has 1 aliphatic carbocycles. The van der Waals surface area contributed by atoms with Crippen LogP contribution >= 0.6 is 22.6 Å². The molecule has 0 saturated carbocycles. The number of ketones is 2. The summed E-state index contributed by atoms with van der Waals surface area (Å²) >= 11 is 2.04. The van der Waals surface area contributed by atoms with Crippen molar-refractivity contribution in [3.8, 4) is 11.5 Å². The van der Waals surface area contributed by atoms with E-state index in [1.54, 1.807) is 66.7 Å². The molecule has 0 radical (unpaired) electrons. The van der Waals surface area contributed by atoms with Crippen LogP contribution in [-0.4, -0.2) is 24.1 Å². The Morgan fingerprint density at radius 2 is 1.55 bits per heavy atom. The predicted molar refractivity (Wildman–Crippen MR) is 125 cm³/mol. The van der Waals surface area contributed by atoms with Gasteiger partial charge in [-0.3, -0.25) is 9.59 Å². The van der Waals surface area contributed by atoms with Crippen LogP contribution in [0.25, 0.3) is 6.08 Å². The minimum absolute atomic E-state index is 0.105. The molecule has 0 N–H and O–H groups in total. The van der Waals surface area contributed by atoms with Crippen LogP contribution in [-0.2, 0) is 0 Å². The summed E-state index contributed by atoms with van der Waals surface area (Å²) < 4.78 is 11.9. The van der Waals surface area contributed by atoms with E-state index in [4.69, 9.17) is 9.47 Å². The molecule has 3 aromatic carbocycles. The summed E-state index contributed by atoms with van der Waals surface area (Å²) in [7, 11) is 0. The van der Waals surface area contributed by atoms with E-state index < -0.39 is 5.97 Å². The Labute approximate surface area is 192 Å². The van der Waals surface area contributed by atoms with E-state index in [2.05, 4.69) is 0 Å². The van der Waals surface area contributed by atoms with E-state index in [1.165, 1.54) is 0 Å². The Morgan fingerprint density at radius 3 is 2.16 bits per heavy atom. The van der Waals surface area contributed by atoms with Crippen LogP contribution in [0.5, 0.6) is 11.5 Å². The molecule has 0 aliphatic heterocycles. The van der Waals surface area contributed by atoms with Crippen molar-refractivity contribution >= 4 is 46.2 Å². The standard InChI is InChI=1S/C25H17IO5/c1-2-30-21-14-15(12-19-22(27)17-10-6-7-11-18(17)23(19)28)13-20(26)24(21)31-25(29)16-8-4-3-5-9-16/h3-14H,2H2,1H3. The summed E-state index contributed by atoms with van der Waals surface area (Å²) in [6, 6.07) is 18.9. The van der Waals surface area contributed by atoms with Crippen LogP contribution in [0.3, 0.4) is 0 Å². The predicted octanol–water partition coefficient (Wildman–Crippen LogP) is 5.37. The number of ether oxygens (including phenoxy) is 2. The maximum Gasteiger partial charge on any atom is 0.343 e. The summed E-state index contributed by atoms with van der Waals surface area (Å²) in [6.07, 6.45) is 1.55. The van der Waals surface area contributed by atoms with Crippen LogP contribution < -0.4 is 9.47 Å². The number of hydrogen-bond acceptors (Lipinski definition) is 5. The molecular weight excluding hydrogens is 507 g/mol. The third-order valence-electron chi connectivity index (χ3n) is 4.75. The third-order valence-corrected chi connectivity index (χ3v) is 5.55. The lowest BCUT2D eigenvalue weighted by molar-refractivity contribution is 0.0726. The summed E-state index contributed by atoms with van der Waals surface area (Å²) in [5, 5.41) is 0. The number of fused-ring (bicyclic) bond motifs is 1. The van der Waals surface area contributed by atoms with Gasteiger partial charge in [-0.1, -0.05) is 42.5 Å². The molecule has 1 aliphatic rings. The van der Waals surface area contributed by atoms with Gasteiger partial charge in [-0.15, -0.1) is 0 Å². The normalized spacial score (nSPS) is 12.5. The lowest BCUT2D eigenvalue weighted by Gasteiger charge is -2.14. The zero-order chi connectivity index (χ0) is 22.0. The number of carbonyl (C=O) groups is 3. The van der Waals surface area contributed by atoms with Gasteiger partial charge >= 0.3 is 5.97 Å². The molecule has 0 spiro atoms. The van der Waals surface area contributed by atoms with Gasteiger partial charge in [0.05, 0.1) is 21.3 Å². The van der Waals surface area contributed by atoms with E-state index >= 15 is 0 Å². The molecule has 0 unspecified atom stereocenters. The molecule has 0 heterocycles. The van der Waals surface area contributed by atoms with Gasteiger partial charge in [0.25, 0.3) is 0 Å². The smallest absolute Gasteiger partial charge is 0.343 e. The van der Waals surface area contributed by atoms with E-state index in [0.717, 1.165) is 0 Å². The summed E-state index contributed by atoms with van der Waals surface area (Å²) in [4.78, 5) is 37.9. The highest BCUT2D eigenvalue weighted by Gasteiger charge is 2.32. The summed E-state index contributed by atoms with van der Waals surface area (Å²) in [6.45, 7) is 2.18. The van der Waals surface area contributed by atoms with Gasteiger partial charge in [-0.2, -0.15) is 0 Å². The van der Waals surface area contributed by atoms with Gasteiger partial charge in [0.1, 0.15) is 0 Å². The van der Waals surface area contributed by atoms with Crippen molar-refractivity contribution < 1.29 is 23.9 Å². The van der Waals surface area contributed by atoms with Crippen molar-refractivity contribution in [2.75, 3.05) is 6.61 Å². The average molecular weight is 524 g/mol. The number of allylic oxidation sites excluding steroid dienone is 1. The Morgan fingerprint density at radius 1 is 0.935 bits per heavy atom. The molecule has 0 saturated heterocycles. The minimum Gasteiger partial charge on any atom is -0.490 e. The van der Waals surface area contributed by atoms with Crippen LogP contribution in [0, 0.1) is 3.57 Å². The Bertz CT molecular complexity index is 1190. The van der Waals surface area contributed by atoms with Gasteiger partial charge in [0.2, 0.25) is 0 Å². The fourth-order valence-corrected chi connectivity index (χ4v) is 4.06. The number of halogens is 1. The van der Waals surface area contributed by atoms with Crippen LogP contribution in [0.4, 0.5) is 0 Å². The summed E-state index contributed by atoms with van der Waals surface area (Å²) in [5.74, 6) is -0.435. The second-order valence-corrected chi connectivity index (χ2v) is 7.94. The molecule has 0 bridgehead atoms. The number of rotatable bonds is 5. The van der Waals surface area contributed by atoms with Gasteiger partial charge < -0.3 is 9.47 Å². The first-order chi connectivity index (χ1) is 15.0. The van der Waals surface area contributed by atoms with Gasteiger partial charge in [-0.05, 0) is 65.4 Å². The third kappa shape index (κ3) is 4.16. The number of Topliss-reactive ketones (excluding diaryl/α,β-unsaturated/α-hetero) is 2. The topological polar surface area (TPSA) is 69.7 Å². The fourth-order valence-electron chi connectivity index (χ4n) is 3.33. The molecule has 6 heteroatoms. The number of esters is 1. The molecule has 3 aromatic rings. The monoisotopic (exact) mass is 524 g/mol. The Balaban J connectivity index is 1.70. The Hall–Kier alpha value is -3.26. The second kappa shape index (κ2) is 8.85. The van der Waals surface area contributed by atoms with E-state index in [9.17, 15) is 14.4 Å². The zero-order valence-corrected chi connectivity index (χ0v) is 18.7. The first-order valence-electron chi connectivity index (χ1n) is 9.63. The maximum atomic E-state index is 12.7. The van der Waals surface area contributed by atoms with Gasteiger partial charge in [-0.25, -0.2) is 4.79 Å². The molecule has 0 atom stereocenters. The van der Waals surface area contributed by atoms with Crippen LogP contribution in [0.2, 0.25) is 0 Å². The van der Waals surface area contributed by atoms with E-state index in [0.29, 0.717) is 43.9 Å². The molecule has 0 aromatic heterocycles. The highest BCUT2D eigenvalue weighted by atomic mass is 127. The largest absolute Gasteiger partial charge is 0.490 e. The molecule has 31 heavy (non-hydrogen) atoms. The van der Waals surface area contributed by atoms with Gasteiger partial charge in [0, 0.05) is 11.1 Å². The molecule has 154 valence electrons. The molecule has 0 amide bonds. The number of benzene rings is 3. The van der Waals surface area contributed by atoms with E-state index in [-0.39, 0.29) is 17.1 Å². The van der Waals surface area contributed by atoms with Crippen LogP contribution in [0.15, 0.2) is 72.3 Å². The first kappa shape index (κ1) is 21.0. The zero-order valence-electron chi connectivity index (χ0n) is 16.6. The molecular formula is C25H17IO5. The van der Waals surface area contributed by atoms with Crippen LogP contribution in [0.1, 0.15) is 43.6 Å². The maximum absolute atomic E-state index is 12.7. The molecule has 4 rings (SSSR count). The highest BCUT2D eigenvalue weighted by Crippen LogP contribution is 2.36. The van der Waals surface area contributed by atoms with Crippen molar-refractivity contribution in [2.45, 2.75) is 6.92 Å². The summed E-state index contributed by atoms with van der Waals surface area (Å²) in [5.41, 5.74) is 1.95. The molecule has 5 nitrogen and oxygen atoms in total. The van der Waals surface area contributed by atoms with Crippen molar-refractivity contribution in [3.05, 3.63) is 98.1 Å². The lowest BCUT2D eigenvalue weighted by Crippen LogP contribution is -2.11. The SMILES string of the molecule is CCOc1cc(C=C2C(=O)c3ccccc3C2=O)cc(I)c1OC(=O)c1ccccc1. The fraction of sp³-hybridized carbons (Fsp3) is 0.0800. The lowest BCUT2D eigenvalue weighted by atomic mass is 10.1. The number of hydrogen-bond donors (Lipinski definition) is 0. The van der Waals surface area contributed by atoms with E-state index in [1.807, 2.05) is 35.6 Å². The minimum atomic E-state index is -0.498. The van der Waals surface area contributed by atoms with Gasteiger partial charge in [0.15, 0.2) is 23.1 Å². The average Bonchev–Trinajstić information content (AvgIpc) is 3.02. The van der Waals surface area contributed by atoms with Crippen molar-refractivity contribution in [1.29, 1.82) is 0 Å². The van der Waals surface area contributed by atoms with Crippen molar-refractivity contribution in [3.63, 3.8) is 0 Å². The quantitative estimate of drug-likeness (QED) is 0.148. The van der Waals surface area contributed by atoms with Crippen molar-refractivity contribution in [1.82, 2.24) is 0 Å². The highest BCUT2D eigenvalue weighted by molar-refractivity contribution is 14.1. The molecule has 0 fully saturated rings. The Kier molecular flexibility index (Phi) is 5.99. The first-order valence-corrected chi connectivity index (χ1v) is 10.7. The van der Waals surface area contributed by atoms with Crippen molar-refractivity contribution in [2.24, 2.45) is 0 Å². The number of carbonyl (C=O) groups excluding carboxylic acids is 3. The second-order valence-electron chi connectivity index (χ2n) is 6.78.